The summed E-state index contributed by atoms with van der Waals surface area (Å²) in [5.41, 5.74) is 11.0. The molecule has 6 heteroatoms. The van der Waals surface area contributed by atoms with E-state index in [1.54, 1.807) is 0 Å². The third-order valence-corrected chi connectivity index (χ3v) is 5.40. The van der Waals surface area contributed by atoms with Gasteiger partial charge in [-0.15, -0.1) is 16.4 Å². The van der Waals surface area contributed by atoms with Gasteiger partial charge < -0.3 is 5.73 Å². The highest BCUT2D eigenvalue weighted by molar-refractivity contribution is 7.15. The van der Waals surface area contributed by atoms with Gasteiger partial charge in [0.25, 0.3) is 0 Å². The van der Waals surface area contributed by atoms with Gasteiger partial charge in [-0.1, -0.05) is 43.7 Å². The zero-order valence-corrected chi connectivity index (χ0v) is 14.8. The van der Waals surface area contributed by atoms with Gasteiger partial charge in [-0.25, -0.2) is 4.98 Å². The zero-order valence-electron chi connectivity index (χ0n) is 14.0. The Morgan fingerprint density at radius 1 is 1.08 bits per heavy atom. The topological polar surface area (TPSA) is 80.5 Å². The van der Waals surface area contributed by atoms with Crippen LogP contribution in [0.4, 0.5) is 5.82 Å². The molecule has 126 valence electrons. The number of nitrogen functional groups attached to an aromatic ring is 1. The Hall–Kier alpha value is -2.73. The number of pyridine rings is 1. The van der Waals surface area contributed by atoms with Gasteiger partial charge in [0.05, 0.1) is 0 Å². The molecule has 0 spiro atoms. The number of aromatic amines is 1. The Morgan fingerprint density at radius 3 is 2.72 bits per heavy atom. The van der Waals surface area contributed by atoms with E-state index in [0.29, 0.717) is 11.5 Å². The summed E-state index contributed by atoms with van der Waals surface area (Å²) in [6.45, 7) is 2.22. The summed E-state index contributed by atoms with van der Waals surface area (Å²) in [5.74, 6) is 0.477. The van der Waals surface area contributed by atoms with Crippen molar-refractivity contribution in [3.05, 3.63) is 58.5 Å². The van der Waals surface area contributed by atoms with Crippen LogP contribution >= 0.6 is 11.3 Å². The molecule has 4 aromatic rings. The number of nitrogens with two attached hydrogens (primary N) is 1. The van der Waals surface area contributed by atoms with Crippen molar-refractivity contribution in [3.63, 3.8) is 0 Å². The molecule has 0 saturated heterocycles. The molecule has 0 unspecified atom stereocenters. The van der Waals surface area contributed by atoms with Crippen molar-refractivity contribution in [1.29, 1.82) is 0 Å². The lowest BCUT2D eigenvalue weighted by atomic mass is 10.0. The molecule has 0 aliphatic heterocycles. The number of aryl methyl sites for hydroxylation is 1. The van der Waals surface area contributed by atoms with E-state index in [4.69, 9.17) is 5.73 Å². The second-order valence-electron chi connectivity index (χ2n) is 6.06. The van der Waals surface area contributed by atoms with E-state index in [0.717, 1.165) is 30.3 Å². The maximum atomic E-state index is 5.92. The van der Waals surface area contributed by atoms with E-state index in [9.17, 15) is 0 Å². The number of aromatic nitrogens is 4. The van der Waals surface area contributed by atoms with E-state index in [-0.39, 0.29) is 0 Å². The quantitative estimate of drug-likeness (QED) is 0.566. The second kappa shape index (κ2) is 6.64. The van der Waals surface area contributed by atoms with Gasteiger partial charge in [0, 0.05) is 16.2 Å². The van der Waals surface area contributed by atoms with E-state index < -0.39 is 0 Å². The van der Waals surface area contributed by atoms with Gasteiger partial charge in [-0.3, -0.25) is 0 Å². The van der Waals surface area contributed by atoms with Crippen LogP contribution in [0.15, 0.2) is 42.5 Å². The third-order valence-electron chi connectivity index (χ3n) is 4.17. The molecule has 0 aliphatic carbocycles. The standard InChI is InChI=1S/C19H19N5S/c1-2-6-13-9-15(25-18(13)12-7-4-3-5-8-12)10-14-11-16(20)21-19-17(14)22-24-23-19/h3-5,7-9,11H,2,6,10H2,1H3,(H3,20,21,22,23,24). The van der Waals surface area contributed by atoms with E-state index in [2.05, 4.69) is 63.7 Å². The molecule has 25 heavy (non-hydrogen) atoms. The summed E-state index contributed by atoms with van der Waals surface area (Å²) in [7, 11) is 0. The molecule has 4 rings (SSSR count). The van der Waals surface area contributed by atoms with Gasteiger partial charge in [0.2, 0.25) is 5.65 Å². The Balaban J connectivity index is 1.74. The number of nitrogens with one attached hydrogen (secondary N) is 1. The van der Waals surface area contributed by atoms with Crippen LogP contribution in [0.3, 0.4) is 0 Å². The average molecular weight is 349 g/mol. The van der Waals surface area contributed by atoms with Crippen molar-refractivity contribution < 1.29 is 0 Å². The molecule has 1 aromatic carbocycles. The maximum Gasteiger partial charge on any atom is 0.203 e. The van der Waals surface area contributed by atoms with Crippen molar-refractivity contribution >= 4 is 28.3 Å². The first-order valence-electron chi connectivity index (χ1n) is 8.37. The number of hydrogen-bond donors (Lipinski definition) is 2. The number of benzene rings is 1. The summed E-state index contributed by atoms with van der Waals surface area (Å²) in [6.07, 6.45) is 2.99. The van der Waals surface area contributed by atoms with Gasteiger partial charge >= 0.3 is 0 Å². The second-order valence-corrected chi connectivity index (χ2v) is 7.20. The molecular formula is C19H19N5S. The molecular weight excluding hydrogens is 330 g/mol. The van der Waals surface area contributed by atoms with E-state index >= 15 is 0 Å². The lowest BCUT2D eigenvalue weighted by Gasteiger charge is -2.02. The number of nitrogens with zero attached hydrogens (tertiary/aromatic N) is 3. The first-order valence-corrected chi connectivity index (χ1v) is 9.19. The highest BCUT2D eigenvalue weighted by Gasteiger charge is 2.14. The van der Waals surface area contributed by atoms with Crippen LogP contribution in [0.5, 0.6) is 0 Å². The van der Waals surface area contributed by atoms with E-state index in [1.807, 2.05) is 17.4 Å². The summed E-state index contributed by atoms with van der Waals surface area (Å²) in [4.78, 5) is 6.87. The maximum absolute atomic E-state index is 5.92. The molecule has 5 nitrogen and oxygen atoms in total. The van der Waals surface area contributed by atoms with Crippen molar-refractivity contribution in [2.24, 2.45) is 0 Å². The first-order chi connectivity index (χ1) is 12.2. The zero-order chi connectivity index (χ0) is 17.2. The number of H-pyrrole nitrogens is 1. The van der Waals surface area contributed by atoms with Gasteiger partial charge in [-0.05, 0) is 35.2 Å². The number of fused-ring (bicyclic) bond motifs is 1. The Bertz CT molecular complexity index is 1000. The molecule has 0 bridgehead atoms. The highest BCUT2D eigenvalue weighted by Crippen LogP contribution is 2.35. The third kappa shape index (κ3) is 3.13. The van der Waals surface area contributed by atoms with Crippen LogP contribution in [-0.4, -0.2) is 20.4 Å². The van der Waals surface area contributed by atoms with E-state index in [1.165, 1.54) is 20.9 Å². The molecule has 0 radical (unpaired) electrons. The van der Waals surface area contributed by atoms with Crippen LogP contribution in [0.2, 0.25) is 0 Å². The smallest absolute Gasteiger partial charge is 0.203 e. The lowest BCUT2D eigenvalue weighted by molar-refractivity contribution is 0.926. The normalized spacial score (nSPS) is 11.2. The van der Waals surface area contributed by atoms with Crippen LogP contribution in [0, 0.1) is 0 Å². The monoisotopic (exact) mass is 349 g/mol. The van der Waals surface area contributed by atoms with Gasteiger partial charge in [0.15, 0.2) is 0 Å². The Labute approximate surface area is 149 Å². The summed E-state index contributed by atoms with van der Waals surface area (Å²) in [6, 6.07) is 14.8. The predicted molar refractivity (Wildman–Crippen MR) is 103 cm³/mol. The molecule has 3 heterocycles. The molecule has 3 aromatic heterocycles. The molecule has 0 saturated carbocycles. The average Bonchev–Trinajstić information content (AvgIpc) is 3.23. The van der Waals surface area contributed by atoms with Crippen LogP contribution in [0.1, 0.15) is 29.3 Å². The van der Waals surface area contributed by atoms with Gasteiger partial charge in [0.1, 0.15) is 11.3 Å². The molecule has 0 amide bonds. The number of rotatable bonds is 5. The molecule has 0 aliphatic rings. The highest BCUT2D eigenvalue weighted by atomic mass is 32.1. The number of hydrogen-bond acceptors (Lipinski definition) is 5. The minimum atomic E-state index is 0.477. The Kier molecular flexibility index (Phi) is 4.19. The van der Waals surface area contributed by atoms with Crippen LogP contribution in [-0.2, 0) is 12.8 Å². The minimum Gasteiger partial charge on any atom is -0.384 e. The molecule has 3 N–H and O–H groups in total. The summed E-state index contributed by atoms with van der Waals surface area (Å²) in [5, 5.41) is 10.9. The largest absolute Gasteiger partial charge is 0.384 e. The van der Waals surface area contributed by atoms with Crippen LogP contribution < -0.4 is 5.73 Å². The fraction of sp³-hybridized carbons (Fsp3) is 0.211. The van der Waals surface area contributed by atoms with Crippen molar-refractivity contribution in [2.45, 2.75) is 26.2 Å². The lowest BCUT2D eigenvalue weighted by Crippen LogP contribution is -1.95. The van der Waals surface area contributed by atoms with Crippen molar-refractivity contribution in [3.8, 4) is 10.4 Å². The van der Waals surface area contributed by atoms with Crippen LogP contribution in [0.25, 0.3) is 21.6 Å². The van der Waals surface area contributed by atoms with Crippen molar-refractivity contribution in [2.75, 3.05) is 5.73 Å². The first kappa shape index (κ1) is 15.8. The molecule has 0 atom stereocenters. The van der Waals surface area contributed by atoms with Crippen molar-refractivity contribution in [1.82, 2.24) is 20.4 Å². The number of thiophene rings is 1. The fourth-order valence-corrected chi connectivity index (χ4v) is 4.34. The van der Waals surface area contributed by atoms with Gasteiger partial charge in [-0.2, -0.15) is 10.3 Å². The predicted octanol–water partition coefficient (Wildman–Crippen LogP) is 4.21. The minimum absolute atomic E-state index is 0.477. The molecule has 0 fully saturated rings. The SMILES string of the molecule is CCCc1cc(Cc2cc(N)nc3n[nH]nc23)sc1-c1ccccc1. The number of anilines is 1. The Morgan fingerprint density at radius 2 is 1.92 bits per heavy atom. The fourth-order valence-electron chi connectivity index (χ4n) is 3.10. The summed E-state index contributed by atoms with van der Waals surface area (Å²) < 4.78 is 0. The summed E-state index contributed by atoms with van der Waals surface area (Å²) >= 11 is 1.84.